The third kappa shape index (κ3) is 6.26. The fourth-order valence-corrected chi connectivity index (χ4v) is 2.71. The molecule has 0 aromatic heterocycles. The summed E-state index contributed by atoms with van der Waals surface area (Å²) >= 11 is 6.16. The lowest BCUT2D eigenvalue weighted by molar-refractivity contribution is 0.483. The Balaban J connectivity index is 2.57. The van der Waals surface area contributed by atoms with E-state index in [0.717, 1.165) is 18.0 Å². The minimum absolute atomic E-state index is 0.422. The van der Waals surface area contributed by atoms with Crippen LogP contribution in [-0.2, 0) is 0 Å². The molecule has 0 heterocycles. The number of hydrogen-bond acceptors (Lipinski definition) is 1. The van der Waals surface area contributed by atoms with E-state index in [-0.39, 0.29) is 0 Å². The summed E-state index contributed by atoms with van der Waals surface area (Å²) in [5.41, 5.74) is 2.55. The molecule has 1 atom stereocenters. The first-order chi connectivity index (χ1) is 9.17. The van der Waals surface area contributed by atoms with E-state index in [2.05, 4.69) is 37.9 Å². The second-order valence-corrected chi connectivity index (χ2v) is 5.54. The summed E-state index contributed by atoms with van der Waals surface area (Å²) < 4.78 is 0. The average Bonchev–Trinajstić information content (AvgIpc) is 2.36. The molecule has 2 heteroatoms. The molecule has 0 aliphatic carbocycles. The maximum Gasteiger partial charge on any atom is 0.0411 e. The molecule has 1 rings (SSSR count). The van der Waals surface area contributed by atoms with Crippen LogP contribution in [-0.4, -0.2) is 6.54 Å². The lowest BCUT2D eigenvalue weighted by atomic mass is 9.98. The third-order valence-electron chi connectivity index (χ3n) is 3.32. The predicted octanol–water partition coefficient (Wildman–Crippen LogP) is 5.44. The highest BCUT2D eigenvalue weighted by molar-refractivity contribution is 6.30. The molecule has 1 nitrogen and oxygen atoms in total. The Hall–Kier alpha value is -0.790. The largest absolute Gasteiger partial charge is 0.310 e. The second-order valence-electron chi connectivity index (χ2n) is 5.10. The molecule has 1 aromatic rings. The van der Waals surface area contributed by atoms with E-state index in [0.29, 0.717) is 6.04 Å². The van der Waals surface area contributed by atoms with E-state index < -0.39 is 0 Å². The zero-order valence-corrected chi connectivity index (χ0v) is 13.0. The van der Waals surface area contributed by atoms with Gasteiger partial charge in [0.2, 0.25) is 0 Å². The minimum atomic E-state index is 0.422. The number of allylic oxidation sites excluding steroid dienone is 1. The number of aryl methyl sites for hydroxylation is 1. The maximum atomic E-state index is 6.16. The summed E-state index contributed by atoms with van der Waals surface area (Å²) in [6.07, 6.45) is 8.07. The fraction of sp³-hybridized carbons (Fsp3) is 0.529. The third-order valence-corrected chi connectivity index (χ3v) is 3.54. The van der Waals surface area contributed by atoms with Crippen molar-refractivity contribution in [3.8, 4) is 0 Å². The Morgan fingerprint density at radius 2 is 2.05 bits per heavy atom. The summed E-state index contributed by atoms with van der Waals surface area (Å²) in [7, 11) is 0. The smallest absolute Gasteiger partial charge is 0.0411 e. The summed E-state index contributed by atoms with van der Waals surface area (Å²) in [6.45, 7) is 9.01. The number of hydrogen-bond donors (Lipinski definition) is 1. The molecule has 1 aromatic carbocycles. The number of halogens is 1. The SMILES string of the molecule is C=CCCCCCC(NCC)c1cc(C)cc(Cl)c1. The van der Waals surface area contributed by atoms with E-state index in [1.165, 1.54) is 36.8 Å². The molecule has 0 saturated heterocycles. The summed E-state index contributed by atoms with van der Waals surface area (Å²) in [5.74, 6) is 0. The van der Waals surface area contributed by atoms with E-state index in [4.69, 9.17) is 11.6 Å². The first-order valence-electron chi connectivity index (χ1n) is 7.28. The monoisotopic (exact) mass is 279 g/mol. The van der Waals surface area contributed by atoms with Gasteiger partial charge in [-0.15, -0.1) is 6.58 Å². The molecule has 0 bridgehead atoms. The van der Waals surface area contributed by atoms with Gasteiger partial charge in [-0.25, -0.2) is 0 Å². The van der Waals surface area contributed by atoms with Crippen molar-refractivity contribution < 1.29 is 0 Å². The highest BCUT2D eigenvalue weighted by Gasteiger charge is 2.10. The van der Waals surface area contributed by atoms with Gasteiger partial charge in [0.1, 0.15) is 0 Å². The highest BCUT2D eigenvalue weighted by atomic mass is 35.5. The van der Waals surface area contributed by atoms with Crippen molar-refractivity contribution in [2.75, 3.05) is 6.54 Å². The van der Waals surface area contributed by atoms with Gasteiger partial charge in [-0.1, -0.05) is 43.5 Å². The molecule has 0 radical (unpaired) electrons. The minimum Gasteiger partial charge on any atom is -0.310 e. The van der Waals surface area contributed by atoms with E-state index >= 15 is 0 Å². The van der Waals surface area contributed by atoms with Crippen LogP contribution in [0.3, 0.4) is 0 Å². The zero-order valence-electron chi connectivity index (χ0n) is 12.2. The standard InChI is InChI=1S/C17H26ClN/c1-4-6-7-8-9-10-17(19-5-2)15-11-14(3)12-16(18)13-15/h4,11-13,17,19H,1,5-10H2,2-3H3. The van der Waals surface area contributed by atoms with E-state index in [1.54, 1.807) is 0 Å². The predicted molar refractivity (Wildman–Crippen MR) is 85.9 cm³/mol. The number of nitrogens with one attached hydrogen (secondary N) is 1. The second kappa shape index (κ2) is 9.17. The van der Waals surface area contributed by atoms with Crippen LogP contribution in [0.5, 0.6) is 0 Å². The summed E-state index contributed by atoms with van der Waals surface area (Å²) in [4.78, 5) is 0. The fourth-order valence-electron chi connectivity index (χ4n) is 2.41. The number of benzene rings is 1. The van der Waals surface area contributed by atoms with Crippen LogP contribution in [0, 0.1) is 6.92 Å². The van der Waals surface area contributed by atoms with Gasteiger partial charge in [-0.05, 0) is 56.0 Å². The molecule has 0 saturated carbocycles. The van der Waals surface area contributed by atoms with Crippen LogP contribution >= 0.6 is 11.6 Å². The van der Waals surface area contributed by atoms with Crippen molar-refractivity contribution in [2.45, 2.75) is 52.0 Å². The van der Waals surface area contributed by atoms with Crippen LogP contribution in [0.15, 0.2) is 30.9 Å². The Morgan fingerprint density at radius 1 is 1.26 bits per heavy atom. The van der Waals surface area contributed by atoms with Gasteiger partial charge in [0.15, 0.2) is 0 Å². The lowest BCUT2D eigenvalue weighted by Gasteiger charge is -2.19. The van der Waals surface area contributed by atoms with Crippen LogP contribution in [0.4, 0.5) is 0 Å². The van der Waals surface area contributed by atoms with Gasteiger partial charge in [0.05, 0.1) is 0 Å². The quantitative estimate of drug-likeness (QED) is 0.469. The normalized spacial score (nSPS) is 12.4. The molecule has 0 spiro atoms. The van der Waals surface area contributed by atoms with Crippen molar-refractivity contribution in [3.63, 3.8) is 0 Å². The number of unbranched alkanes of at least 4 members (excludes halogenated alkanes) is 3. The van der Waals surface area contributed by atoms with Crippen molar-refractivity contribution in [3.05, 3.63) is 47.0 Å². The first kappa shape index (κ1) is 16.3. The Morgan fingerprint density at radius 3 is 2.68 bits per heavy atom. The zero-order chi connectivity index (χ0) is 14.1. The Kier molecular flexibility index (Phi) is 7.85. The van der Waals surface area contributed by atoms with Gasteiger partial charge < -0.3 is 5.32 Å². The van der Waals surface area contributed by atoms with Crippen molar-refractivity contribution >= 4 is 11.6 Å². The van der Waals surface area contributed by atoms with Crippen LogP contribution < -0.4 is 5.32 Å². The molecule has 19 heavy (non-hydrogen) atoms. The van der Waals surface area contributed by atoms with Crippen molar-refractivity contribution in [1.29, 1.82) is 0 Å². The summed E-state index contributed by atoms with van der Waals surface area (Å²) in [5, 5.41) is 4.40. The Labute approximate surface area is 123 Å². The van der Waals surface area contributed by atoms with Gasteiger partial charge in [-0.2, -0.15) is 0 Å². The molecule has 0 amide bonds. The topological polar surface area (TPSA) is 12.0 Å². The molecular weight excluding hydrogens is 254 g/mol. The van der Waals surface area contributed by atoms with Crippen LogP contribution in [0.2, 0.25) is 5.02 Å². The van der Waals surface area contributed by atoms with Crippen molar-refractivity contribution in [1.82, 2.24) is 5.32 Å². The van der Waals surface area contributed by atoms with Gasteiger partial charge in [0.25, 0.3) is 0 Å². The molecule has 0 fully saturated rings. The lowest BCUT2D eigenvalue weighted by Crippen LogP contribution is -2.21. The molecule has 1 N–H and O–H groups in total. The van der Waals surface area contributed by atoms with Crippen molar-refractivity contribution in [2.24, 2.45) is 0 Å². The van der Waals surface area contributed by atoms with Gasteiger partial charge in [-0.3, -0.25) is 0 Å². The van der Waals surface area contributed by atoms with Gasteiger partial charge in [0, 0.05) is 11.1 Å². The highest BCUT2D eigenvalue weighted by Crippen LogP contribution is 2.24. The molecule has 1 unspecified atom stereocenters. The molecular formula is C17H26ClN. The average molecular weight is 280 g/mol. The molecule has 0 aliphatic heterocycles. The Bertz CT molecular complexity index is 367. The van der Waals surface area contributed by atoms with E-state index in [1.807, 2.05) is 12.1 Å². The number of rotatable bonds is 9. The van der Waals surface area contributed by atoms with E-state index in [9.17, 15) is 0 Å². The first-order valence-corrected chi connectivity index (χ1v) is 7.66. The van der Waals surface area contributed by atoms with Gasteiger partial charge >= 0.3 is 0 Å². The van der Waals surface area contributed by atoms with Crippen LogP contribution in [0.1, 0.15) is 56.2 Å². The van der Waals surface area contributed by atoms with Crippen LogP contribution in [0.25, 0.3) is 0 Å². The molecule has 0 aliphatic rings. The maximum absolute atomic E-state index is 6.16. The molecule has 106 valence electrons. The summed E-state index contributed by atoms with van der Waals surface area (Å²) in [6, 6.07) is 6.76.